The minimum atomic E-state index is -0.636. The van der Waals surface area contributed by atoms with Crippen molar-refractivity contribution < 1.29 is 33.8 Å². The molecule has 5 rings (SSSR count). The highest BCUT2D eigenvalue weighted by atomic mass is 16.5. The molecule has 0 bridgehead atoms. The summed E-state index contributed by atoms with van der Waals surface area (Å²) in [6.45, 7) is 8.27. The number of benzene rings is 2. The van der Waals surface area contributed by atoms with E-state index in [1.165, 1.54) is 5.56 Å². The van der Waals surface area contributed by atoms with E-state index < -0.39 is 11.9 Å². The summed E-state index contributed by atoms with van der Waals surface area (Å²) >= 11 is 0. The molecule has 1 atom stereocenters. The summed E-state index contributed by atoms with van der Waals surface area (Å²) in [5.74, 6) is -0.262. The maximum Gasteiger partial charge on any atom is 0.290 e. The zero-order valence-corrected chi connectivity index (χ0v) is 21.6. The van der Waals surface area contributed by atoms with Gasteiger partial charge in [-0.15, -0.1) is 0 Å². The van der Waals surface area contributed by atoms with E-state index in [-0.39, 0.29) is 30.2 Å². The largest absolute Gasteiger partial charge is 0.489 e. The van der Waals surface area contributed by atoms with E-state index in [1.54, 1.807) is 17.0 Å². The average molecular weight is 524 g/mol. The third kappa shape index (κ3) is 5.71. The van der Waals surface area contributed by atoms with Gasteiger partial charge in [-0.2, -0.15) is 0 Å². The van der Waals surface area contributed by atoms with Crippen LogP contribution in [0.5, 0.6) is 5.75 Å². The van der Waals surface area contributed by atoms with Crippen LogP contribution in [0.3, 0.4) is 0 Å². The SMILES string of the molecule is CC(C)(c1ccc(COc2cccc3c2CN([C@H]2CCC(=O)NC2=O)C3=O)cc1)N1CCOCC1.O=CO. The fourth-order valence-corrected chi connectivity index (χ4v) is 5.17. The number of nitrogens with zero attached hydrogens (tertiary/aromatic N) is 2. The van der Waals surface area contributed by atoms with E-state index in [4.69, 9.17) is 19.4 Å². The standard InChI is InChI=1S/C27H31N3O5.CH2O2/c1-27(2,29-12-14-34-15-13-29)19-8-6-18(7-9-19)17-35-23-5-3-4-20-21(23)16-30(26(20)33)22-10-11-24(31)28-25(22)32;2-1-3/h3-9,22H,10-17H2,1-2H3,(H,28,31,32);1H,(H,2,3)/t22-;/m0./s1. The number of rotatable bonds is 6. The van der Waals surface area contributed by atoms with Gasteiger partial charge in [0.1, 0.15) is 18.4 Å². The molecule has 2 aromatic rings. The number of morpholine rings is 1. The topological polar surface area (TPSA) is 125 Å². The molecule has 10 heteroatoms. The number of hydrogen-bond donors (Lipinski definition) is 2. The van der Waals surface area contributed by atoms with Crippen molar-refractivity contribution in [2.24, 2.45) is 0 Å². The molecule has 202 valence electrons. The molecule has 3 amide bonds. The van der Waals surface area contributed by atoms with Crippen LogP contribution >= 0.6 is 0 Å². The third-order valence-electron chi connectivity index (χ3n) is 7.40. The van der Waals surface area contributed by atoms with Gasteiger partial charge in [-0.1, -0.05) is 30.3 Å². The number of carbonyl (C=O) groups excluding carboxylic acids is 3. The molecule has 0 unspecified atom stereocenters. The highest BCUT2D eigenvalue weighted by Crippen LogP contribution is 2.34. The fraction of sp³-hybridized carbons (Fsp3) is 0.429. The third-order valence-corrected chi connectivity index (χ3v) is 7.40. The van der Waals surface area contributed by atoms with Crippen molar-refractivity contribution >= 4 is 24.2 Å². The van der Waals surface area contributed by atoms with Crippen molar-refractivity contribution in [2.75, 3.05) is 26.3 Å². The second kappa shape index (κ2) is 11.7. The van der Waals surface area contributed by atoms with E-state index in [2.05, 4.69) is 48.3 Å². The molecule has 2 N–H and O–H groups in total. The zero-order valence-electron chi connectivity index (χ0n) is 21.6. The van der Waals surface area contributed by atoms with Gasteiger partial charge in [0.25, 0.3) is 12.4 Å². The number of amides is 3. The lowest BCUT2D eigenvalue weighted by atomic mass is 9.91. The summed E-state index contributed by atoms with van der Waals surface area (Å²) in [5.41, 5.74) is 3.54. The number of fused-ring (bicyclic) bond motifs is 1. The van der Waals surface area contributed by atoms with Crippen molar-refractivity contribution in [1.29, 1.82) is 0 Å². The Balaban J connectivity index is 0.00000107. The Morgan fingerprint density at radius 1 is 1.11 bits per heavy atom. The molecule has 10 nitrogen and oxygen atoms in total. The number of ether oxygens (including phenoxy) is 2. The van der Waals surface area contributed by atoms with Gasteiger partial charge in [-0.25, -0.2) is 0 Å². The molecule has 0 radical (unpaired) electrons. The number of piperidine rings is 1. The van der Waals surface area contributed by atoms with Crippen LogP contribution in [0, 0.1) is 0 Å². The van der Waals surface area contributed by atoms with E-state index >= 15 is 0 Å². The summed E-state index contributed by atoms with van der Waals surface area (Å²) in [6, 6.07) is 13.3. The molecule has 3 heterocycles. The number of carboxylic acid groups (broad SMARTS) is 1. The maximum absolute atomic E-state index is 13.0. The minimum absolute atomic E-state index is 0.0801. The van der Waals surface area contributed by atoms with Crippen molar-refractivity contribution in [2.45, 2.75) is 51.4 Å². The first-order valence-corrected chi connectivity index (χ1v) is 12.7. The second-order valence-electron chi connectivity index (χ2n) is 9.93. The lowest BCUT2D eigenvalue weighted by Crippen LogP contribution is -2.52. The predicted octanol–water partition coefficient (Wildman–Crippen LogP) is 2.29. The van der Waals surface area contributed by atoms with E-state index in [0.29, 0.717) is 30.9 Å². The number of nitrogens with one attached hydrogen (secondary N) is 1. The van der Waals surface area contributed by atoms with Crippen molar-refractivity contribution in [3.8, 4) is 5.75 Å². The van der Waals surface area contributed by atoms with Gasteiger partial charge in [-0.3, -0.25) is 29.4 Å². The molecule has 0 aliphatic carbocycles. The monoisotopic (exact) mass is 523 g/mol. The Kier molecular flexibility index (Phi) is 8.43. The lowest BCUT2D eigenvalue weighted by molar-refractivity contribution is -0.137. The second-order valence-corrected chi connectivity index (χ2v) is 9.93. The fourth-order valence-electron chi connectivity index (χ4n) is 5.17. The molecule has 3 aliphatic heterocycles. The van der Waals surface area contributed by atoms with Crippen LogP contribution in [-0.4, -0.2) is 71.4 Å². The van der Waals surface area contributed by atoms with Crippen LogP contribution < -0.4 is 10.1 Å². The zero-order chi connectivity index (χ0) is 27.3. The van der Waals surface area contributed by atoms with Crippen LogP contribution in [0.15, 0.2) is 42.5 Å². The molecule has 0 aromatic heterocycles. The Morgan fingerprint density at radius 3 is 2.45 bits per heavy atom. The first kappa shape index (κ1) is 27.3. The molecule has 0 spiro atoms. The van der Waals surface area contributed by atoms with Crippen LogP contribution in [0.4, 0.5) is 0 Å². The Hall–Kier alpha value is -3.76. The van der Waals surface area contributed by atoms with Gasteiger partial charge < -0.3 is 19.5 Å². The predicted molar refractivity (Wildman–Crippen MR) is 137 cm³/mol. The smallest absolute Gasteiger partial charge is 0.290 e. The van der Waals surface area contributed by atoms with Crippen molar-refractivity contribution in [1.82, 2.24) is 15.1 Å². The summed E-state index contributed by atoms with van der Waals surface area (Å²) in [7, 11) is 0. The molecule has 3 aliphatic rings. The lowest BCUT2D eigenvalue weighted by Gasteiger charge is -2.41. The average Bonchev–Trinajstić information content (AvgIpc) is 3.25. The van der Waals surface area contributed by atoms with Gasteiger partial charge in [0, 0.05) is 36.2 Å². The van der Waals surface area contributed by atoms with Crippen molar-refractivity contribution in [3.63, 3.8) is 0 Å². The molecule has 2 fully saturated rings. The van der Waals surface area contributed by atoms with E-state index in [1.807, 2.05) is 6.07 Å². The molecular formula is C28H33N3O7. The summed E-state index contributed by atoms with van der Waals surface area (Å²) in [6.07, 6.45) is 0.575. The molecular weight excluding hydrogens is 490 g/mol. The van der Waals surface area contributed by atoms with Crippen molar-refractivity contribution in [3.05, 3.63) is 64.7 Å². The first-order valence-electron chi connectivity index (χ1n) is 12.7. The van der Waals surface area contributed by atoms with Gasteiger partial charge in [0.15, 0.2) is 0 Å². The van der Waals surface area contributed by atoms with Gasteiger partial charge >= 0.3 is 0 Å². The summed E-state index contributed by atoms with van der Waals surface area (Å²) in [4.78, 5) is 49.2. The number of hydrogen-bond acceptors (Lipinski definition) is 7. The maximum atomic E-state index is 13.0. The highest BCUT2D eigenvalue weighted by molar-refractivity contribution is 6.05. The van der Waals surface area contributed by atoms with Gasteiger partial charge in [-0.05, 0) is 43.5 Å². The first-order chi connectivity index (χ1) is 18.3. The molecule has 2 saturated heterocycles. The van der Waals surface area contributed by atoms with Crippen LogP contribution in [0.1, 0.15) is 53.7 Å². The van der Waals surface area contributed by atoms with Crippen LogP contribution in [-0.2, 0) is 37.8 Å². The normalized spacial score (nSPS) is 19.8. The molecule has 0 saturated carbocycles. The number of carbonyl (C=O) groups is 4. The quantitative estimate of drug-likeness (QED) is 0.437. The van der Waals surface area contributed by atoms with E-state index in [9.17, 15) is 14.4 Å². The Bertz CT molecular complexity index is 1190. The van der Waals surface area contributed by atoms with Crippen LogP contribution in [0.2, 0.25) is 0 Å². The Labute approximate surface area is 221 Å². The summed E-state index contributed by atoms with van der Waals surface area (Å²) < 4.78 is 11.6. The van der Waals surface area contributed by atoms with E-state index in [0.717, 1.165) is 37.4 Å². The molecule has 38 heavy (non-hydrogen) atoms. The van der Waals surface area contributed by atoms with Gasteiger partial charge in [0.05, 0.1) is 19.8 Å². The molecule has 2 aromatic carbocycles. The highest BCUT2D eigenvalue weighted by Gasteiger charge is 2.40. The number of imide groups is 1. The Morgan fingerprint density at radius 2 is 1.79 bits per heavy atom. The van der Waals surface area contributed by atoms with Gasteiger partial charge in [0.2, 0.25) is 11.8 Å². The van der Waals surface area contributed by atoms with Crippen LogP contribution in [0.25, 0.3) is 0 Å². The minimum Gasteiger partial charge on any atom is -0.489 e. The summed E-state index contributed by atoms with van der Waals surface area (Å²) in [5, 5.41) is 9.23.